The molecule has 3 aromatic rings. The molecule has 0 aliphatic carbocycles. The second kappa shape index (κ2) is 10.9. The molecule has 1 heterocycles. The molecule has 0 aliphatic rings. The lowest BCUT2D eigenvalue weighted by Gasteiger charge is -2.16. The van der Waals surface area contributed by atoms with Gasteiger partial charge < -0.3 is 20.1 Å². The fraction of sp³-hybridized carbons (Fsp3) is 0.333. The Morgan fingerprint density at radius 2 is 1.64 bits per heavy atom. The van der Waals surface area contributed by atoms with Crippen molar-refractivity contribution >= 4 is 17.5 Å². The summed E-state index contributed by atoms with van der Waals surface area (Å²) in [6, 6.07) is 15.9. The highest BCUT2D eigenvalue weighted by Gasteiger charge is 2.19. The zero-order valence-electron chi connectivity index (χ0n) is 20.2. The number of carbonyl (C=O) groups is 1. The largest absolute Gasteiger partial charge is 0.496 e. The number of ether oxygens (including phenoxy) is 2. The smallest absolute Gasteiger partial charge is 0.338 e. The van der Waals surface area contributed by atoms with Crippen molar-refractivity contribution in [1.82, 2.24) is 4.98 Å². The predicted molar refractivity (Wildman–Crippen MR) is 135 cm³/mol. The van der Waals surface area contributed by atoms with Crippen LogP contribution >= 0.6 is 0 Å². The van der Waals surface area contributed by atoms with Crippen LogP contribution in [-0.2, 0) is 4.74 Å². The number of hydrogen-bond acceptors (Lipinski definition) is 6. The molecule has 0 radical (unpaired) electrons. The summed E-state index contributed by atoms with van der Waals surface area (Å²) < 4.78 is 10.8. The molecule has 0 fully saturated rings. The fourth-order valence-electron chi connectivity index (χ4n) is 3.52. The first-order valence-electron chi connectivity index (χ1n) is 11.2. The Morgan fingerprint density at radius 1 is 0.939 bits per heavy atom. The third-order valence-electron chi connectivity index (χ3n) is 5.17. The van der Waals surface area contributed by atoms with E-state index in [0.717, 1.165) is 34.7 Å². The van der Waals surface area contributed by atoms with E-state index >= 15 is 0 Å². The van der Waals surface area contributed by atoms with Crippen molar-refractivity contribution < 1.29 is 14.3 Å². The van der Waals surface area contributed by atoms with Gasteiger partial charge in [0.25, 0.3) is 0 Å². The summed E-state index contributed by atoms with van der Waals surface area (Å²) in [4.78, 5) is 17.2. The first-order chi connectivity index (χ1) is 15.8. The van der Waals surface area contributed by atoms with E-state index < -0.39 is 5.97 Å². The second-order valence-electron chi connectivity index (χ2n) is 8.67. The number of nitrogens with zero attached hydrogens (tertiary/aromatic N) is 1. The van der Waals surface area contributed by atoms with E-state index in [1.807, 2.05) is 48.5 Å². The number of aromatic nitrogens is 1. The van der Waals surface area contributed by atoms with Crippen LogP contribution < -0.4 is 15.4 Å². The van der Waals surface area contributed by atoms with Gasteiger partial charge in [-0.05, 0) is 61.7 Å². The van der Waals surface area contributed by atoms with Crippen molar-refractivity contribution in [3.63, 3.8) is 0 Å². The summed E-state index contributed by atoms with van der Waals surface area (Å²) in [7, 11) is 3.02. The van der Waals surface area contributed by atoms with E-state index in [1.54, 1.807) is 13.3 Å². The summed E-state index contributed by atoms with van der Waals surface area (Å²) in [6.07, 6.45) is 1.75. The van der Waals surface area contributed by atoms with Crippen LogP contribution in [0.25, 0.3) is 22.3 Å². The van der Waals surface area contributed by atoms with Crippen LogP contribution in [0, 0.1) is 5.92 Å². The molecule has 1 aromatic heterocycles. The maximum atomic E-state index is 12.7. The van der Waals surface area contributed by atoms with Gasteiger partial charge in [0.05, 0.1) is 19.8 Å². The second-order valence-corrected chi connectivity index (χ2v) is 8.67. The minimum atomic E-state index is -0.409. The zero-order chi connectivity index (χ0) is 24.0. The van der Waals surface area contributed by atoms with Crippen LogP contribution in [0.4, 0.5) is 11.5 Å². The number of hydrogen-bond donors (Lipinski definition) is 2. The number of esters is 1. The Balaban J connectivity index is 2.02. The zero-order valence-corrected chi connectivity index (χ0v) is 20.2. The fourth-order valence-corrected chi connectivity index (χ4v) is 3.52. The molecular formula is C27H33N3O3. The molecule has 33 heavy (non-hydrogen) atoms. The van der Waals surface area contributed by atoms with Crippen molar-refractivity contribution in [3.8, 4) is 28.0 Å². The van der Waals surface area contributed by atoms with Crippen LogP contribution in [0.3, 0.4) is 0 Å². The molecule has 0 unspecified atom stereocenters. The molecule has 3 rings (SSSR count). The summed E-state index contributed by atoms with van der Waals surface area (Å²) in [5.41, 5.74) is 4.81. The quantitative estimate of drug-likeness (QED) is 0.386. The first-order valence-corrected chi connectivity index (χ1v) is 11.2. The van der Waals surface area contributed by atoms with Crippen molar-refractivity contribution in [3.05, 3.63) is 60.3 Å². The predicted octanol–water partition coefficient (Wildman–Crippen LogP) is 6.10. The molecule has 2 N–H and O–H groups in total. The summed E-state index contributed by atoms with van der Waals surface area (Å²) in [5.74, 6) is 1.60. The minimum Gasteiger partial charge on any atom is -0.496 e. The number of anilines is 2. The van der Waals surface area contributed by atoms with Crippen LogP contribution in [0.5, 0.6) is 5.75 Å². The number of pyridine rings is 1. The van der Waals surface area contributed by atoms with Crippen molar-refractivity contribution in [2.75, 3.05) is 31.4 Å². The Hall–Kier alpha value is -3.54. The maximum Gasteiger partial charge on any atom is 0.338 e. The van der Waals surface area contributed by atoms with Crippen molar-refractivity contribution in [1.29, 1.82) is 0 Å². The van der Waals surface area contributed by atoms with E-state index in [-0.39, 0.29) is 6.04 Å². The Labute approximate surface area is 196 Å². The third kappa shape index (κ3) is 6.04. The highest BCUT2D eigenvalue weighted by molar-refractivity contribution is 6.00. The number of rotatable bonds is 9. The molecule has 0 saturated carbocycles. The van der Waals surface area contributed by atoms with Gasteiger partial charge in [0.15, 0.2) is 0 Å². The average Bonchev–Trinajstić information content (AvgIpc) is 2.82. The van der Waals surface area contributed by atoms with Crippen LogP contribution in [0.15, 0.2) is 54.7 Å². The van der Waals surface area contributed by atoms with Gasteiger partial charge in [-0.2, -0.15) is 0 Å². The summed E-state index contributed by atoms with van der Waals surface area (Å²) >= 11 is 0. The van der Waals surface area contributed by atoms with Crippen molar-refractivity contribution in [2.45, 2.75) is 33.7 Å². The average molecular weight is 448 g/mol. The normalized spacial score (nSPS) is 10.9. The number of nitrogens with one attached hydrogen (secondary N) is 2. The maximum absolute atomic E-state index is 12.7. The highest BCUT2D eigenvalue weighted by atomic mass is 16.5. The van der Waals surface area contributed by atoms with Gasteiger partial charge in [-0.25, -0.2) is 9.78 Å². The molecule has 6 nitrogen and oxygen atoms in total. The third-order valence-corrected chi connectivity index (χ3v) is 5.17. The minimum absolute atomic E-state index is 0.278. The molecule has 0 atom stereocenters. The lowest BCUT2D eigenvalue weighted by atomic mass is 9.94. The molecule has 2 aromatic carbocycles. The first kappa shape index (κ1) is 24.1. The molecule has 6 heteroatoms. The number of carbonyl (C=O) groups excluding carboxylic acids is 1. The molecule has 0 amide bonds. The summed E-state index contributed by atoms with van der Waals surface area (Å²) in [6.45, 7) is 9.37. The van der Waals surface area contributed by atoms with E-state index in [2.05, 4.69) is 43.3 Å². The van der Waals surface area contributed by atoms with E-state index in [0.29, 0.717) is 22.8 Å². The molecule has 0 spiro atoms. The van der Waals surface area contributed by atoms with Crippen LogP contribution in [0.2, 0.25) is 0 Å². The van der Waals surface area contributed by atoms with E-state index in [1.165, 1.54) is 7.11 Å². The molecule has 0 saturated heterocycles. The van der Waals surface area contributed by atoms with Crippen LogP contribution in [0.1, 0.15) is 38.1 Å². The molecular weight excluding hydrogens is 414 g/mol. The molecule has 174 valence electrons. The van der Waals surface area contributed by atoms with E-state index in [4.69, 9.17) is 9.47 Å². The lowest BCUT2D eigenvalue weighted by molar-refractivity contribution is 0.0601. The Morgan fingerprint density at radius 3 is 2.18 bits per heavy atom. The topological polar surface area (TPSA) is 72.5 Å². The van der Waals surface area contributed by atoms with Crippen LogP contribution in [-0.4, -0.2) is 37.8 Å². The SMILES string of the molecule is COC(=O)c1cc(-c2ccc(NCC(C)C)cc2)c(OC)cc1-c1ccc(NC(C)C)nc1. The number of methoxy groups -OCH3 is 2. The molecule has 0 bridgehead atoms. The van der Waals surface area contributed by atoms with Gasteiger partial charge in [0.1, 0.15) is 11.6 Å². The van der Waals surface area contributed by atoms with Gasteiger partial charge in [-0.3, -0.25) is 0 Å². The van der Waals surface area contributed by atoms with Gasteiger partial charge >= 0.3 is 5.97 Å². The van der Waals surface area contributed by atoms with Gasteiger partial charge in [-0.1, -0.05) is 26.0 Å². The highest BCUT2D eigenvalue weighted by Crippen LogP contribution is 2.37. The monoisotopic (exact) mass is 447 g/mol. The van der Waals surface area contributed by atoms with Gasteiger partial charge in [0.2, 0.25) is 0 Å². The van der Waals surface area contributed by atoms with Gasteiger partial charge in [0, 0.05) is 41.2 Å². The van der Waals surface area contributed by atoms with E-state index in [9.17, 15) is 4.79 Å². The Kier molecular flexibility index (Phi) is 7.93. The number of benzene rings is 2. The van der Waals surface area contributed by atoms with Gasteiger partial charge in [-0.15, -0.1) is 0 Å². The Bertz CT molecular complexity index is 1080. The van der Waals surface area contributed by atoms with Crippen molar-refractivity contribution in [2.24, 2.45) is 5.92 Å². The standard InChI is InChI=1S/C27H33N3O3/c1-17(2)15-28-21-10-7-19(8-11-21)23-13-24(27(31)33-6)22(14-25(23)32-5)20-9-12-26(29-16-20)30-18(3)4/h7-14,16-18,28H,15H2,1-6H3,(H,29,30). The lowest BCUT2D eigenvalue weighted by Crippen LogP contribution is -2.10. The summed E-state index contributed by atoms with van der Waals surface area (Å²) in [5, 5.41) is 6.69. The molecule has 0 aliphatic heterocycles.